The molecule has 3 aliphatic rings. The molecule has 1 amide bonds. The number of aromatic nitrogens is 1. The molecular weight excluding hydrogens is 418 g/mol. The van der Waals surface area contributed by atoms with Crippen molar-refractivity contribution in [2.24, 2.45) is 0 Å². The van der Waals surface area contributed by atoms with E-state index < -0.39 is 28.9 Å². The summed E-state index contributed by atoms with van der Waals surface area (Å²) in [5, 5.41) is 3.56. The molecule has 32 heavy (non-hydrogen) atoms. The fourth-order valence-electron chi connectivity index (χ4n) is 4.75. The Balaban J connectivity index is 1.46. The van der Waals surface area contributed by atoms with E-state index in [1.54, 1.807) is 0 Å². The number of fused-ring (bicyclic) bond motifs is 4. The highest BCUT2D eigenvalue weighted by atomic mass is 19.1. The van der Waals surface area contributed by atoms with Gasteiger partial charge in [-0.15, -0.1) is 0 Å². The predicted molar refractivity (Wildman–Crippen MR) is 116 cm³/mol. The molecule has 0 radical (unpaired) electrons. The van der Waals surface area contributed by atoms with E-state index in [9.17, 15) is 13.6 Å². The van der Waals surface area contributed by atoms with E-state index in [1.165, 1.54) is 19.2 Å². The van der Waals surface area contributed by atoms with Crippen LogP contribution >= 0.6 is 0 Å². The summed E-state index contributed by atoms with van der Waals surface area (Å²) in [5.41, 5.74) is -0.448. The third-order valence-corrected chi connectivity index (χ3v) is 6.57. The van der Waals surface area contributed by atoms with Crippen molar-refractivity contribution in [1.29, 1.82) is 0 Å². The van der Waals surface area contributed by atoms with E-state index in [0.29, 0.717) is 35.9 Å². The van der Waals surface area contributed by atoms with Gasteiger partial charge in [0.25, 0.3) is 0 Å². The van der Waals surface area contributed by atoms with Crippen molar-refractivity contribution in [2.75, 3.05) is 13.7 Å². The SMILES string of the molecule is COc1cc2c(CCC34CCC(NC(=O)OC(C)(C)C)(CC3)CO4)c(F)cnc2cc1F. The largest absolute Gasteiger partial charge is 0.494 e. The Labute approximate surface area is 186 Å². The minimum Gasteiger partial charge on any atom is -0.494 e. The summed E-state index contributed by atoms with van der Waals surface area (Å²) < 4.78 is 45.5. The number of amides is 1. The first-order chi connectivity index (χ1) is 15.0. The van der Waals surface area contributed by atoms with E-state index in [1.807, 2.05) is 20.8 Å². The van der Waals surface area contributed by atoms with Crippen LogP contribution in [-0.2, 0) is 15.9 Å². The van der Waals surface area contributed by atoms with Crippen molar-refractivity contribution in [2.45, 2.75) is 76.0 Å². The van der Waals surface area contributed by atoms with Crippen LogP contribution in [0.3, 0.4) is 0 Å². The highest BCUT2D eigenvalue weighted by molar-refractivity contribution is 5.84. The second kappa shape index (κ2) is 8.14. The number of halogens is 2. The second-order valence-corrected chi connectivity index (χ2v) is 9.97. The quantitative estimate of drug-likeness (QED) is 0.692. The number of alkyl carbamates (subject to hydrolysis) is 1. The number of carbonyl (C=O) groups excluding carboxylic acids is 1. The zero-order valence-electron chi connectivity index (χ0n) is 19.0. The Kier molecular flexibility index (Phi) is 5.77. The van der Waals surface area contributed by atoms with Crippen LogP contribution in [0.25, 0.3) is 10.9 Å². The van der Waals surface area contributed by atoms with Gasteiger partial charge in [-0.1, -0.05) is 0 Å². The van der Waals surface area contributed by atoms with Gasteiger partial charge in [-0.3, -0.25) is 4.98 Å². The average Bonchev–Trinajstić information content (AvgIpc) is 2.72. The van der Waals surface area contributed by atoms with Gasteiger partial charge in [-0.2, -0.15) is 0 Å². The number of methoxy groups -OCH3 is 1. The fourth-order valence-corrected chi connectivity index (χ4v) is 4.75. The maximum Gasteiger partial charge on any atom is 0.408 e. The number of hydrogen-bond acceptors (Lipinski definition) is 5. The van der Waals surface area contributed by atoms with Gasteiger partial charge in [0.15, 0.2) is 11.6 Å². The van der Waals surface area contributed by atoms with E-state index in [4.69, 9.17) is 14.2 Å². The molecule has 1 aromatic carbocycles. The van der Waals surface area contributed by atoms with E-state index in [0.717, 1.165) is 31.9 Å². The molecule has 2 aliphatic heterocycles. The van der Waals surface area contributed by atoms with Crippen molar-refractivity contribution in [3.8, 4) is 5.75 Å². The molecule has 8 heteroatoms. The van der Waals surface area contributed by atoms with Crippen molar-refractivity contribution in [3.63, 3.8) is 0 Å². The van der Waals surface area contributed by atoms with Crippen LogP contribution in [0, 0.1) is 11.6 Å². The van der Waals surface area contributed by atoms with Crippen LogP contribution in [0.2, 0.25) is 0 Å². The standard InChI is InChI=1S/C24H30F2N2O4/c1-22(2,3)32-21(29)28-23-7-9-24(10-8-23,31-14-23)6-5-15-16-11-20(30-4)17(25)12-19(16)27-13-18(15)26/h11-13H,5-10,14H2,1-4H3,(H,28,29). The van der Waals surface area contributed by atoms with Crippen LogP contribution in [0.4, 0.5) is 13.6 Å². The molecule has 1 N–H and O–H groups in total. The Morgan fingerprint density at radius 1 is 1.19 bits per heavy atom. The molecule has 2 aromatic rings. The second-order valence-electron chi connectivity index (χ2n) is 9.97. The minimum atomic E-state index is -0.558. The molecule has 1 aliphatic carbocycles. The Morgan fingerprint density at radius 2 is 1.91 bits per heavy atom. The van der Waals surface area contributed by atoms with Gasteiger partial charge >= 0.3 is 6.09 Å². The van der Waals surface area contributed by atoms with Crippen LogP contribution in [-0.4, -0.2) is 41.5 Å². The number of pyridine rings is 1. The van der Waals surface area contributed by atoms with Crippen molar-refractivity contribution >= 4 is 17.0 Å². The third-order valence-electron chi connectivity index (χ3n) is 6.57. The number of aryl methyl sites for hydroxylation is 1. The van der Waals surface area contributed by atoms with E-state index in [-0.39, 0.29) is 11.4 Å². The van der Waals surface area contributed by atoms with Gasteiger partial charge in [0.1, 0.15) is 11.4 Å². The predicted octanol–water partition coefficient (Wildman–Crippen LogP) is 5.06. The van der Waals surface area contributed by atoms with Gasteiger partial charge in [0.05, 0.1) is 36.6 Å². The van der Waals surface area contributed by atoms with E-state index >= 15 is 0 Å². The third kappa shape index (κ3) is 4.51. The lowest BCUT2D eigenvalue weighted by Gasteiger charge is -2.53. The normalized spacial score (nSPS) is 25.1. The van der Waals surface area contributed by atoms with Gasteiger partial charge < -0.3 is 19.5 Å². The minimum absolute atomic E-state index is 0.0638. The lowest BCUT2D eigenvalue weighted by molar-refractivity contribution is -0.163. The van der Waals surface area contributed by atoms with Crippen LogP contribution < -0.4 is 10.1 Å². The number of benzene rings is 1. The lowest BCUT2D eigenvalue weighted by atomic mass is 9.69. The molecule has 0 atom stereocenters. The molecule has 174 valence electrons. The van der Waals surface area contributed by atoms with Crippen molar-refractivity contribution in [1.82, 2.24) is 10.3 Å². The first-order valence-electron chi connectivity index (χ1n) is 11.0. The zero-order chi connectivity index (χ0) is 23.1. The van der Waals surface area contributed by atoms with Gasteiger partial charge in [0.2, 0.25) is 0 Å². The van der Waals surface area contributed by atoms with Gasteiger partial charge in [0, 0.05) is 11.5 Å². The van der Waals surface area contributed by atoms with Crippen molar-refractivity contribution in [3.05, 3.63) is 35.5 Å². The number of nitrogens with one attached hydrogen (secondary N) is 1. The molecule has 1 saturated carbocycles. The first kappa shape index (κ1) is 22.7. The van der Waals surface area contributed by atoms with Crippen molar-refractivity contribution < 1.29 is 27.8 Å². The fraction of sp³-hybridized carbons (Fsp3) is 0.583. The molecule has 0 unspecified atom stereocenters. The van der Waals surface area contributed by atoms with Crippen LogP contribution in [0.5, 0.6) is 5.75 Å². The number of ether oxygens (including phenoxy) is 3. The summed E-state index contributed by atoms with van der Waals surface area (Å²) in [4.78, 5) is 16.3. The molecule has 5 rings (SSSR count). The summed E-state index contributed by atoms with van der Waals surface area (Å²) in [6.07, 6.45) is 4.88. The molecule has 2 bridgehead atoms. The molecule has 3 heterocycles. The summed E-state index contributed by atoms with van der Waals surface area (Å²) >= 11 is 0. The monoisotopic (exact) mass is 448 g/mol. The molecule has 2 saturated heterocycles. The maximum atomic E-state index is 14.7. The molecule has 6 nitrogen and oxygen atoms in total. The smallest absolute Gasteiger partial charge is 0.408 e. The van der Waals surface area contributed by atoms with Gasteiger partial charge in [-0.05, 0) is 70.9 Å². The van der Waals surface area contributed by atoms with Gasteiger partial charge in [-0.25, -0.2) is 13.6 Å². The highest BCUT2D eigenvalue weighted by Crippen LogP contribution is 2.46. The summed E-state index contributed by atoms with van der Waals surface area (Å²) in [5.74, 6) is -0.885. The maximum absolute atomic E-state index is 14.7. The number of carbonyl (C=O) groups is 1. The Hall–Kier alpha value is -2.48. The number of nitrogens with zero attached hydrogens (tertiary/aromatic N) is 1. The number of rotatable bonds is 5. The Bertz CT molecular complexity index is 1010. The Morgan fingerprint density at radius 3 is 2.50 bits per heavy atom. The summed E-state index contributed by atoms with van der Waals surface area (Å²) in [6, 6.07) is 2.77. The van der Waals surface area contributed by atoms with Crippen LogP contribution in [0.1, 0.15) is 58.4 Å². The summed E-state index contributed by atoms with van der Waals surface area (Å²) in [6.45, 7) is 5.91. The molecular formula is C24H30F2N2O4. The molecule has 1 aromatic heterocycles. The lowest BCUT2D eigenvalue weighted by Crippen LogP contribution is -2.63. The molecule has 3 fully saturated rings. The first-order valence-corrected chi connectivity index (χ1v) is 11.0. The number of hydrogen-bond donors (Lipinski definition) is 1. The van der Waals surface area contributed by atoms with E-state index in [2.05, 4.69) is 10.3 Å². The topological polar surface area (TPSA) is 69.7 Å². The van der Waals surface area contributed by atoms with Crippen LogP contribution in [0.15, 0.2) is 18.3 Å². The zero-order valence-corrected chi connectivity index (χ0v) is 19.0. The highest BCUT2D eigenvalue weighted by Gasteiger charge is 2.50. The summed E-state index contributed by atoms with van der Waals surface area (Å²) in [7, 11) is 1.38. The average molecular weight is 449 g/mol. The molecule has 0 spiro atoms.